The molecular weight excluding hydrogens is 350 g/mol. The zero-order valence-corrected chi connectivity index (χ0v) is 16.3. The Hall–Kier alpha value is -3.02. The lowest BCUT2D eigenvalue weighted by molar-refractivity contribution is 0.0942. The molecule has 0 radical (unpaired) electrons. The standard InChI is InChI=1S/C22H25N5O/c1-16(2)19-12-23-20(24-13-19)17-5-3-6-18(11-17)21(28)25-14-22(7-8-22)15-27-10-4-9-26-27/h3-6,9-13,16H,7-8,14-15H2,1-2H3,(H,25,28). The molecule has 1 saturated carbocycles. The van der Waals surface area contributed by atoms with Crippen molar-refractivity contribution < 1.29 is 4.79 Å². The normalized spacial score (nSPS) is 14.8. The second kappa shape index (κ2) is 7.54. The first-order valence-electron chi connectivity index (χ1n) is 9.73. The largest absolute Gasteiger partial charge is 0.351 e. The molecular formula is C22H25N5O. The minimum atomic E-state index is -0.0626. The Balaban J connectivity index is 1.41. The summed E-state index contributed by atoms with van der Waals surface area (Å²) in [7, 11) is 0. The molecule has 0 unspecified atom stereocenters. The van der Waals surface area contributed by atoms with Crippen LogP contribution in [-0.4, -0.2) is 32.2 Å². The first-order chi connectivity index (χ1) is 13.5. The van der Waals surface area contributed by atoms with Crippen LogP contribution in [0, 0.1) is 5.41 Å². The van der Waals surface area contributed by atoms with Crippen molar-refractivity contribution in [2.24, 2.45) is 5.41 Å². The highest BCUT2D eigenvalue weighted by atomic mass is 16.1. The Morgan fingerprint density at radius 2 is 2.00 bits per heavy atom. The van der Waals surface area contributed by atoms with Crippen molar-refractivity contribution in [2.45, 2.75) is 39.2 Å². The van der Waals surface area contributed by atoms with Crippen LogP contribution in [0.15, 0.2) is 55.1 Å². The maximum Gasteiger partial charge on any atom is 0.251 e. The summed E-state index contributed by atoms with van der Waals surface area (Å²) in [5.41, 5.74) is 2.71. The Kier molecular flexibility index (Phi) is 4.94. The van der Waals surface area contributed by atoms with E-state index in [4.69, 9.17) is 0 Å². The van der Waals surface area contributed by atoms with Gasteiger partial charge in [0, 0.05) is 54.4 Å². The predicted octanol–water partition coefficient (Wildman–Crippen LogP) is 3.67. The van der Waals surface area contributed by atoms with Crippen molar-refractivity contribution in [3.05, 3.63) is 66.2 Å². The van der Waals surface area contributed by atoms with Crippen LogP contribution in [0.4, 0.5) is 0 Å². The number of aromatic nitrogens is 4. The number of hydrogen-bond donors (Lipinski definition) is 1. The van der Waals surface area contributed by atoms with E-state index < -0.39 is 0 Å². The van der Waals surface area contributed by atoms with Gasteiger partial charge in [0.15, 0.2) is 5.82 Å². The van der Waals surface area contributed by atoms with Gasteiger partial charge in [-0.2, -0.15) is 5.10 Å². The zero-order valence-electron chi connectivity index (χ0n) is 16.3. The van der Waals surface area contributed by atoms with Gasteiger partial charge in [-0.1, -0.05) is 26.0 Å². The third kappa shape index (κ3) is 4.11. The predicted molar refractivity (Wildman–Crippen MR) is 108 cm³/mol. The average Bonchev–Trinajstić information content (AvgIpc) is 3.29. The number of carbonyl (C=O) groups excluding carboxylic acids is 1. The van der Waals surface area contributed by atoms with Crippen LogP contribution < -0.4 is 5.32 Å². The highest BCUT2D eigenvalue weighted by Crippen LogP contribution is 2.46. The maximum atomic E-state index is 12.7. The lowest BCUT2D eigenvalue weighted by atomic mass is 10.1. The first kappa shape index (κ1) is 18.3. The molecule has 2 heterocycles. The Labute approximate surface area is 165 Å². The van der Waals surface area contributed by atoms with Gasteiger partial charge in [0.1, 0.15) is 0 Å². The van der Waals surface area contributed by atoms with Crippen LogP contribution in [0.3, 0.4) is 0 Å². The molecule has 1 amide bonds. The highest BCUT2D eigenvalue weighted by Gasteiger charge is 2.43. The van der Waals surface area contributed by atoms with Gasteiger partial charge in [-0.25, -0.2) is 9.97 Å². The lowest BCUT2D eigenvalue weighted by Crippen LogP contribution is -2.32. The van der Waals surface area contributed by atoms with Gasteiger partial charge in [-0.15, -0.1) is 0 Å². The van der Waals surface area contributed by atoms with Crippen LogP contribution in [-0.2, 0) is 6.54 Å². The average molecular weight is 375 g/mol. The summed E-state index contributed by atoms with van der Waals surface area (Å²) in [6.07, 6.45) is 9.69. The summed E-state index contributed by atoms with van der Waals surface area (Å²) in [5, 5.41) is 7.37. The molecule has 28 heavy (non-hydrogen) atoms. The van der Waals surface area contributed by atoms with E-state index in [0.717, 1.165) is 30.5 Å². The smallest absolute Gasteiger partial charge is 0.251 e. The number of nitrogens with zero attached hydrogens (tertiary/aromatic N) is 4. The molecule has 0 spiro atoms. The van der Waals surface area contributed by atoms with Crippen molar-refractivity contribution in [3.63, 3.8) is 0 Å². The number of benzene rings is 1. The van der Waals surface area contributed by atoms with Crippen LogP contribution in [0.2, 0.25) is 0 Å². The van der Waals surface area contributed by atoms with E-state index in [-0.39, 0.29) is 11.3 Å². The SMILES string of the molecule is CC(C)c1cnc(-c2cccc(C(=O)NCC3(Cn4cccn4)CC3)c2)nc1. The molecule has 1 aromatic carbocycles. The minimum Gasteiger partial charge on any atom is -0.351 e. The first-order valence-corrected chi connectivity index (χ1v) is 9.73. The molecule has 0 saturated heterocycles. The molecule has 0 atom stereocenters. The van der Waals surface area contributed by atoms with Gasteiger partial charge in [-0.05, 0) is 42.5 Å². The van der Waals surface area contributed by atoms with Crippen LogP contribution in [0.5, 0.6) is 0 Å². The fraction of sp³-hybridized carbons (Fsp3) is 0.364. The summed E-state index contributed by atoms with van der Waals surface area (Å²) < 4.78 is 1.94. The molecule has 1 fully saturated rings. The minimum absolute atomic E-state index is 0.0626. The van der Waals surface area contributed by atoms with Crippen molar-refractivity contribution >= 4 is 5.91 Å². The Morgan fingerprint density at radius 3 is 2.64 bits per heavy atom. The topological polar surface area (TPSA) is 72.7 Å². The van der Waals surface area contributed by atoms with Gasteiger partial charge in [0.2, 0.25) is 0 Å². The maximum absolute atomic E-state index is 12.7. The van der Waals surface area contributed by atoms with Gasteiger partial charge < -0.3 is 5.32 Å². The summed E-state index contributed by atoms with van der Waals surface area (Å²) in [5.74, 6) is 0.964. The number of nitrogens with one attached hydrogen (secondary N) is 1. The summed E-state index contributed by atoms with van der Waals surface area (Å²) in [6, 6.07) is 9.42. The third-order valence-electron chi connectivity index (χ3n) is 5.36. The molecule has 0 bridgehead atoms. The lowest BCUT2D eigenvalue weighted by Gasteiger charge is -2.16. The molecule has 2 aromatic heterocycles. The highest BCUT2D eigenvalue weighted by molar-refractivity contribution is 5.95. The molecule has 0 aliphatic heterocycles. The van der Waals surface area contributed by atoms with E-state index in [1.165, 1.54) is 0 Å². The Bertz CT molecular complexity index is 943. The fourth-order valence-corrected chi connectivity index (χ4v) is 3.26. The zero-order chi connectivity index (χ0) is 19.6. The van der Waals surface area contributed by atoms with E-state index in [0.29, 0.717) is 23.9 Å². The summed E-state index contributed by atoms with van der Waals surface area (Å²) in [4.78, 5) is 21.6. The second-order valence-electron chi connectivity index (χ2n) is 7.96. The van der Waals surface area contributed by atoms with E-state index in [1.807, 2.05) is 53.6 Å². The second-order valence-corrected chi connectivity index (χ2v) is 7.96. The third-order valence-corrected chi connectivity index (χ3v) is 5.36. The number of amides is 1. The molecule has 1 N–H and O–H groups in total. The number of carbonyl (C=O) groups is 1. The van der Waals surface area contributed by atoms with Gasteiger partial charge >= 0.3 is 0 Å². The van der Waals surface area contributed by atoms with E-state index in [2.05, 4.69) is 34.2 Å². The van der Waals surface area contributed by atoms with E-state index in [9.17, 15) is 4.79 Å². The van der Waals surface area contributed by atoms with Crippen molar-refractivity contribution in [2.75, 3.05) is 6.54 Å². The van der Waals surface area contributed by atoms with E-state index in [1.54, 1.807) is 6.20 Å². The van der Waals surface area contributed by atoms with Gasteiger partial charge in [-0.3, -0.25) is 9.48 Å². The van der Waals surface area contributed by atoms with Crippen molar-refractivity contribution in [1.29, 1.82) is 0 Å². The molecule has 4 rings (SSSR count). The quantitative estimate of drug-likeness (QED) is 0.684. The fourth-order valence-electron chi connectivity index (χ4n) is 3.26. The number of rotatable bonds is 7. The summed E-state index contributed by atoms with van der Waals surface area (Å²) >= 11 is 0. The van der Waals surface area contributed by atoms with Crippen LogP contribution >= 0.6 is 0 Å². The monoisotopic (exact) mass is 375 g/mol. The van der Waals surface area contributed by atoms with Gasteiger partial charge in [0.05, 0.1) is 0 Å². The molecule has 1 aliphatic carbocycles. The summed E-state index contributed by atoms with van der Waals surface area (Å²) in [6.45, 7) is 5.73. The molecule has 144 valence electrons. The molecule has 6 heteroatoms. The number of hydrogen-bond acceptors (Lipinski definition) is 4. The van der Waals surface area contributed by atoms with E-state index >= 15 is 0 Å². The Morgan fingerprint density at radius 1 is 1.21 bits per heavy atom. The van der Waals surface area contributed by atoms with Gasteiger partial charge in [0.25, 0.3) is 5.91 Å². The van der Waals surface area contributed by atoms with Crippen LogP contribution in [0.25, 0.3) is 11.4 Å². The van der Waals surface area contributed by atoms with Crippen molar-refractivity contribution in [3.8, 4) is 11.4 Å². The molecule has 3 aromatic rings. The van der Waals surface area contributed by atoms with Crippen LogP contribution in [0.1, 0.15) is 48.5 Å². The molecule has 1 aliphatic rings. The molecule has 6 nitrogen and oxygen atoms in total. The van der Waals surface area contributed by atoms with Crippen molar-refractivity contribution in [1.82, 2.24) is 25.1 Å².